The molecule has 2 aromatic heterocycles. The summed E-state index contributed by atoms with van der Waals surface area (Å²) in [5, 5.41) is 1.04. The normalized spacial score (nSPS) is 12.6. The molecule has 0 aliphatic rings. The zero-order valence-electron chi connectivity index (χ0n) is 9.88. The summed E-state index contributed by atoms with van der Waals surface area (Å²) < 4.78 is 0. The van der Waals surface area contributed by atoms with Gasteiger partial charge in [0.05, 0.1) is 5.25 Å². The highest BCUT2D eigenvalue weighted by molar-refractivity contribution is 7.99. The second-order valence-corrected chi connectivity index (χ2v) is 6.26. The molecule has 5 heteroatoms. The maximum absolute atomic E-state index is 5.83. The van der Waals surface area contributed by atoms with Crippen molar-refractivity contribution in [2.45, 2.75) is 24.3 Å². The molecule has 2 heterocycles. The van der Waals surface area contributed by atoms with Crippen molar-refractivity contribution in [1.82, 2.24) is 9.97 Å². The third-order valence-electron chi connectivity index (χ3n) is 2.31. The van der Waals surface area contributed by atoms with E-state index in [9.17, 15) is 0 Å². The summed E-state index contributed by atoms with van der Waals surface area (Å²) in [6.07, 6.45) is 1.79. The fraction of sp³-hybridized carbons (Fsp3) is 0.333. The molecule has 0 saturated carbocycles. The second-order valence-electron chi connectivity index (χ2n) is 3.77. The highest BCUT2D eigenvalue weighted by Gasteiger charge is 2.14. The molecule has 2 aromatic rings. The molecule has 0 radical (unpaired) electrons. The van der Waals surface area contributed by atoms with Crippen molar-refractivity contribution < 1.29 is 0 Å². The van der Waals surface area contributed by atoms with E-state index in [1.54, 1.807) is 29.3 Å². The molecule has 2 rings (SSSR count). The number of thiophene rings is 1. The molecule has 0 amide bonds. The third kappa shape index (κ3) is 3.28. The van der Waals surface area contributed by atoms with Crippen molar-refractivity contribution in [2.75, 3.05) is 6.54 Å². The van der Waals surface area contributed by atoms with Crippen molar-refractivity contribution in [1.29, 1.82) is 0 Å². The van der Waals surface area contributed by atoms with Crippen LogP contribution < -0.4 is 5.73 Å². The van der Waals surface area contributed by atoms with Crippen LogP contribution in [0.1, 0.15) is 20.7 Å². The fourth-order valence-corrected chi connectivity index (χ4v) is 3.48. The first-order valence-electron chi connectivity index (χ1n) is 5.41. The van der Waals surface area contributed by atoms with Crippen LogP contribution in [0, 0.1) is 13.8 Å². The summed E-state index contributed by atoms with van der Waals surface area (Å²) >= 11 is 3.42. The van der Waals surface area contributed by atoms with Gasteiger partial charge in [-0.05, 0) is 32.0 Å². The molecular formula is C12H15N3S2. The molecule has 1 atom stereocenters. The van der Waals surface area contributed by atoms with E-state index in [4.69, 9.17) is 5.73 Å². The van der Waals surface area contributed by atoms with Crippen LogP contribution >= 0.6 is 23.1 Å². The van der Waals surface area contributed by atoms with Crippen molar-refractivity contribution >= 4 is 23.1 Å². The van der Waals surface area contributed by atoms with Gasteiger partial charge in [-0.15, -0.1) is 11.3 Å². The zero-order chi connectivity index (χ0) is 12.3. The second kappa shape index (κ2) is 5.62. The lowest BCUT2D eigenvalue weighted by atomic mass is 10.3. The summed E-state index contributed by atoms with van der Waals surface area (Å²) in [5.74, 6) is 0. The van der Waals surface area contributed by atoms with Gasteiger partial charge >= 0.3 is 0 Å². The Hall–Kier alpha value is -0.910. The Labute approximate surface area is 109 Å². The smallest absolute Gasteiger partial charge is 0.188 e. The molecule has 17 heavy (non-hydrogen) atoms. The van der Waals surface area contributed by atoms with Crippen molar-refractivity contribution in [3.63, 3.8) is 0 Å². The standard InChI is InChI=1S/C12H15N3S2/c1-8-5-6-14-12(15-8)17-11(7-13)10-4-3-9(2)16-10/h3-6,11H,7,13H2,1-2H3. The zero-order valence-corrected chi connectivity index (χ0v) is 11.5. The highest BCUT2D eigenvalue weighted by atomic mass is 32.2. The van der Waals surface area contributed by atoms with Gasteiger partial charge in [0.25, 0.3) is 0 Å². The third-order valence-corrected chi connectivity index (χ3v) is 4.71. The van der Waals surface area contributed by atoms with Gasteiger partial charge in [-0.3, -0.25) is 0 Å². The number of aryl methyl sites for hydroxylation is 2. The Morgan fingerprint density at radius 2 is 2.18 bits per heavy atom. The van der Waals surface area contributed by atoms with Gasteiger partial charge in [0, 0.05) is 28.2 Å². The van der Waals surface area contributed by atoms with Gasteiger partial charge in [-0.25, -0.2) is 9.97 Å². The Balaban J connectivity index is 2.15. The van der Waals surface area contributed by atoms with Gasteiger partial charge in [0.1, 0.15) is 0 Å². The summed E-state index contributed by atoms with van der Waals surface area (Å²) in [6.45, 7) is 4.68. The van der Waals surface area contributed by atoms with Crippen LogP contribution in [0.5, 0.6) is 0 Å². The number of hydrogen-bond donors (Lipinski definition) is 1. The summed E-state index contributed by atoms with van der Waals surface area (Å²) in [6, 6.07) is 6.16. The number of aromatic nitrogens is 2. The first kappa shape index (κ1) is 12.5. The summed E-state index contributed by atoms with van der Waals surface area (Å²) in [7, 11) is 0. The monoisotopic (exact) mass is 265 g/mol. The Morgan fingerprint density at radius 3 is 2.76 bits per heavy atom. The molecule has 0 bridgehead atoms. The minimum absolute atomic E-state index is 0.246. The molecule has 0 aromatic carbocycles. The molecule has 0 aliphatic carbocycles. The van der Waals surface area contributed by atoms with E-state index in [0.29, 0.717) is 6.54 Å². The lowest BCUT2D eigenvalue weighted by Gasteiger charge is -2.11. The quantitative estimate of drug-likeness (QED) is 0.682. The number of nitrogens with zero attached hydrogens (tertiary/aromatic N) is 2. The minimum atomic E-state index is 0.246. The molecule has 3 nitrogen and oxygen atoms in total. The average molecular weight is 265 g/mol. The van der Waals surface area contributed by atoms with Crippen LogP contribution in [0.2, 0.25) is 0 Å². The first-order valence-corrected chi connectivity index (χ1v) is 7.11. The summed E-state index contributed by atoms with van der Waals surface area (Å²) in [4.78, 5) is 11.3. The molecule has 0 fully saturated rings. The lowest BCUT2D eigenvalue weighted by molar-refractivity contribution is 0.903. The van der Waals surface area contributed by atoms with E-state index in [-0.39, 0.29) is 5.25 Å². The van der Waals surface area contributed by atoms with E-state index >= 15 is 0 Å². The molecule has 0 aliphatic heterocycles. The largest absolute Gasteiger partial charge is 0.329 e. The molecule has 0 spiro atoms. The van der Waals surface area contributed by atoms with Gasteiger partial charge in [-0.1, -0.05) is 11.8 Å². The van der Waals surface area contributed by atoms with Gasteiger partial charge in [0.2, 0.25) is 0 Å². The topological polar surface area (TPSA) is 51.8 Å². The van der Waals surface area contributed by atoms with Gasteiger partial charge in [-0.2, -0.15) is 0 Å². The molecule has 2 N–H and O–H groups in total. The van der Waals surface area contributed by atoms with Crippen LogP contribution in [-0.4, -0.2) is 16.5 Å². The Morgan fingerprint density at radius 1 is 1.35 bits per heavy atom. The van der Waals surface area contributed by atoms with Gasteiger partial charge in [0.15, 0.2) is 5.16 Å². The fourth-order valence-electron chi connectivity index (χ4n) is 1.46. The maximum atomic E-state index is 5.83. The molecular weight excluding hydrogens is 250 g/mol. The number of hydrogen-bond acceptors (Lipinski definition) is 5. The van der Waals surface area contributed by atoms with Crippen molar-refractivity contribution in [3.8, 4) is 0 Å². The van der Waals surface area contributed by atoms with Crippen LogP contribution in [0.25, 0.3) is 0 Å². The molecule has 90 valence electrons. The maximum Gasteiger partial charge on any atom is 0.188 e. The predicted molar refractivity (Wildman–Crippen MR) is 73.5 cm³/mol. The predicted octanol–water partition coefficient (Wildman–Crippen LogP) is 2.95. The van der Waals surface area contributed by atoms with Crippen LogP contribution in [0.3, 0.4) is 0 Å². The van der Waals surface area contributed by atoms with Crippen LogP contribution in [-0.2, 0) is 0 Å². The Kier molecular flexibility index (Phi) is 4.15. The lowest BCUT2D eigenvalue weighted by Crippen LogP contribution is -2.08. The molecule has 1 unspecified atom stereocenters. The highest BCUT2D eigenvalue weighted by Crippen LogP contribution is 2.35. The Bertz CT molecular complexity index is 496. The first-order chi connectivity index (χ1) is 8.19. The van der Waals surface area contributed by atoms with Crippen LogP contribution in [0.15, 0.2) is 29.6 Å². The SMILES string of the molecule is Cc1ccnc(SC(CN)c2ccc(C)s2)n1. The average Bonchev–Trinajstić information content (AvgIpc) is 2.73. The van der Waals surface area contributed by atoms with Crippen molar-refractivity contribution in [3.05, 3.63) is 39.8 Å². The van der Waals surface area contributed by atoms with Crippen molar-refractivity contribution in [2.24, 2.45) is 5.73 Å². The summed E-state index contributed by atoms with van der Waals surface area (Å²) in [5.41, 5.74) is 6.82. The molecule has 0 saturated heterocycles. The van der Waals surface area contributed by atoms with E-state index in [0.717, 1.165) is 10.9 Å². The number of thioether (sulfide) groups is 1. The number of nitrogens with two attached hydrogens (primary N) is 1. The van der Waals surface area contributed by atoms with Gasteiger partial charge < -0.3 is 5.73 Å². The van der Waals surface area contributed by atoms with E-state index < -0.39 is 0 Å². The van der Waals surface area contributed by atoms with E-state index in [1.807, 2.05) is 13.0 Å². The van der Waals surface area contributed by atoms with E-state index in [2.05, 4.69) is 29.0 Å². The van der Waals surface area contributed by atoms with Crippen LogP contribution in [0.4, 0.5) is 0 Å². The van der Waals surface area contributed by atoms with E-state index in [1.165, 1.54) is 9.75 Å². The minimum Gasteiger partial charge on any atom is -0.329 e. The number of rotatable bonds is 4.